The summed E-state index contributed by atoms with van der Waals surface area (Å²) in [6.07, 6.45) is 0. The normalized spacial score (nSPS) is 10.5. The lowest BCUT2D eigenvalue weighted by Crippen LogP contribution is -2.13. The van der Waals surface area contributed by atoms with Gasteiger partial charge in [-0.3, -0.25) is 0 Å². The number of anilines is 1. The van der Waals surface area contributed by atoms with Gasteiger partial charge in [0.2, 0.25) is 0 Å². The van der Waals surface area contributed by atoms with Gasteiger partial charge in [-0.15, -0.1) is 0 Å². The largest absolute Gasteiger partial charge is 0.378 e. The number of rotatable bonds is 5. The zero-order valence-corrected chi connectivity index (χ0v) is 12.9. The van der Waals surface area contributed by atoms with E-state index in [-0.39, 0.29) is 0 Å². The molecule has 0 saturated heterocycles. The summed E-state index contributed by atoms with van der Waals surface area (Å²) in [6, 6.07) is 17.0. The molecule has 0 radical (unpaired) electrons. The fraction of sp³-hybridized carbons (Fsp3) is 0.250. The van der Waals surface area contributed by atoms with Crippen LogP contribution >= 0.6 is 15.9 Å². The Morgan fingerprint density at radius 1 is 0.842 bits per heavy atom. The van der Waals surface area contributed by atoms with Crippen molar-refractivity contribution in [3.05, 3.63) is 64.1 Å². The summed E-state index contributed by atoms with van der Waals surface area (Å²) in [6.45, 7) is 1.78. The van der Waals surface area contributed by atoms with E-state index < -0.39 is 0 Å². The third kappa shape index (κ3) is 4.37. The van der Waals surface area contributed by atoms with Crippen molar-refractivity contribution in [1.29, 1.82) is 0 Å². The molecular weight excluding hydrogens is 300 g/mol. The molecule has 0 heterocycles. The zero-order chi connectivity index (χ0) is 13.7. The Kier molecular flexibility index (Phi) is 5.00. The van der Waals surface area contributed by atoms with Crippen LogP contribution in [0.3, 0.4) is 0 Å². The van der Waals surface area contributed by atoms with Gasteiger partial charge in [0.15, 0.2) is 0 Å². The molecule has 0 aromatic heterocycles. The van der Waals surface area contributed by atoms with E-state index in [2.05, 4.69) is 88.8 Å². The number of halogens is 1. The minimum absolute atomic E-state index is 0.892. The highest BCUT2D eigenvalue weighted by atomic mass is 79.9. The molecule has 0 unspecified atom stereocenters. The molecule has 0 aliphatic rings. The molecule has 0 spiro atoms. The van der Waals surface area contributed by atoms with Gasteiger partial charge < -0.3 is 10.2 Å². The molecule has 2 aromatic carbocycles. The highest BCUT2D eigenvalue weighted by Crippen LogP contribution is 2.13. The molecular formula is C16H19BrN2. The summed E-state index contributed by atoms with van der Waals surface area (Å²) in [7, 11) is 4.11. The second-order valence-electron chi connectivity index (χ2n) is 4.79. The van der Waals surface area contributed by atoms with Gasteiger partial charge in [0, 0.05) is 37.3 Å². The van der Waals surface area contributed by atoms with Crippen LogP contribution in [0.2, 0.25) is 0 Å². The predicted octanol–water partition coefficient (Wildman–Crippen LogP) is 3.80. The predicted molar refractivity (Wildman–Crippen MR) is 85.5 cm³/mol. The van der Waals surface area contributed by atoms with Gasteiger partial charge in [-0.2, -0.15) is 0 Å². The average Bonchev–Trinajstić information content (AvgIpc) is 2.41. The summed E-state index contributed by atoms with van der Waals surface area (Å²) in [4.78, 5) is 2.11. The Morgan fingerprint density at radius 2 is 1.32 bits per heavy atom. The van der Waals surface area contributed by atoms with E-state index in [1.807, 2.05) is 0 Å². The lowest BCUT2D eigenvalue weighted by Gasteiger charge is -2.13. The lowest BCUT2D eigenvalue weighted by atomic mass is 10.2. The maximum Gasteiger partial charge on any atom is 0.0361 e. The molecule has 19 heavy (non-hydrogen) atoms. The minimum Gasteiger partial charge on any atom is -0.378 e. The van der Waals surface area contributed by atoms with Gasteiger partial charge in [0.1, 0.15) is 0 Å². The van der Waals surface area contributed by atoms with E-state index in [0.29, 0.717) is 0 Å². The second-order valence-corrected chi connectivity index (χ2v) is 5.71. The van der Waals surface area contributed by atoms with Crippen molar-refractivity contribution in [2.75, 3.05) is 19.0 Å². The first-order valence-corrected chi connectivity index (χ1v) is 7.16. The Hall–Kier alpha value is -1.32. The molecule has 2 nitrogen and oxygen atoms in total. The van der Waals surface area contributed by atoms with E-state index in [1.165, 1.54) is 16.8 Å². The van der Waals surface area contributed by atoms with Crippen LogP contribution in [0.25, 0.3) is 0 Å². The van der Waals surface area contributed by atoms with Gasteiger partial charge in [0.25, 0.3) is 0 Å². The molecule has 0 aliphatic heterocycles. The second kappa shape index (κ2) is 6.73. The van der Waals surface area contributed by atoms with Gasteiger partial charge in [-0.05, 0) is 35.4 Å². The molecule has 2 rings (SSSR count). The summed E-state index contributed by atoms with van der Waals surface area (Å²) < 4.78 is 1.12. The van der Waals surface area contributed by atoms with Crippen LogP contribution in [0.15, 0.2) is 53.0 Å². The molecule has 3 heteroatoms. The fourth-order valence-electron chi connectivity index (χ4n) is 1.87. The van der Waals surface area contributed by atoms with E-state index in [4.69, 9.17) is 0 Å². The van der Waals surface area contributed by atoms with Crippen LogP contribution in [0.1, 0.15) is 11.1 Å². The molecule has 0 bridgehead atoms. The third-order valence-corrected chi connectivity index (χ3v) is 3.55. The molecule has 0 aliphatic carbocycles. The Labute approximate surface area is 123 Å². The van der Waals surface area contributed by atoms with Crippen LogP contribution in [-0.2, 0) is 13.1 Å². The SMILES string of the molecule is CN(C)c1ccc(CNCc2ccc(Br)cc2)cc1. The first-order valence-electron chi connectivity index (χ1n) is 6.36. The minimum atomic E-state index is 0.892. The van der Waals surface area contributed by atoms with E-state index in [0.717, 1.165) is 17.6 Å². The molecule has 0 saturated carbocycles. The van der Waals surface area contributed by atoms with Crippen molar-refractivity contribution >= 4 is 21.6 Å². The summed E-state index contributed by atoms with van der Waals surface area (Å²) in [5.41, 5.74) is 3.84. The highest BCUT2D eigenvalue weighted by Gasteiger charge is 1.97. The highest BCUT2D eigenvalue weighted by molar-refractivity contribution is 9.10. The van der Waals surface area contributed by atoms with Crippen molar-refractivity contribution in [3.63, 3.8) is 0 Å². The van der Waals surface area contributed by atoms with E-state index in [1.54, 1.807) is 0 Å². The number of hydrogen-bond acceptors (Lipinski definition) is 2. The van der Waals surface area contributed by atoms with Crippen LogP contribution in [0.5, 0.6) is 0 Å². The first kappa shape index (κ1) is 14.1. The fourth-order valence-corrected chi connectivity index (χ4v) is 2.13. The number of nitrogens with zero attached hydrogens (tertiary/aromatic N) is 1. The van der Waals surface area contributed by atoms with Gasteiger partial charge in [0.05, 0.1) is 0 Å². The molecule has 2 aromatic rings. The lowest BCUT2D eigenvalue weighted by molar-refractivity contribution is 0.693. The molecule has 100 valence electrons. The Balaban J connectivity index is 1.83. The van der Waals surface area contributed by atoms with Gasteiger partial charge >= 0.3 is 0 Å². The van der Waals surface area contributed by atoms with Crippen molar-refractivity contribution in [1.82, 2.24) is 5.32 Å². The van der Waals surface area contributed by atoms with Crippen molar-refractivity contribution in [2.45, 2.75) is 13.1 Å². The van der Waals surface area contributed by atoms with E-state index >= 15 is 0 Å². The number of hydrogen-bond donors (Lipinski definition) is 1. The molecule has 0 atom stereocenters. The van der Waals surface area contributed by atoms with Crippen LogP contribution in [0.4, 0.5) is 5.69 Å². The standard InChI is InChI=1S/C16H19BrN2/c1-19(2)16-9-5-14(6-10-16)12-18-11-13-3-7-15(17)8-4-13/h3-10,18H,11-12H2,1-2H3. The smallest absolute Gasteiger partial charge is 0.0361 e. The number of benzene rings is 2. The Morgan fingerprint density at radius 3 is 1.79 bits per heavy atom. The van der Waals surface area contributed by atoms with Crippen LogP contribution in [0, 0.1) is 0 Å². The van der Waals surface area contributed by atoms with Crippen molar-refractivity contribution < 1.29 is 0 Å². The Bertz CT molecular complexity index is 503. The van der Waals surface area contributed by atoms with E-state index in [9.17, 15) is 0 Å². The molecule has 1 N–H and O–H groups in total. The van der Waals surface area contributed by atoms with Gasteiger partial charge in [-0.25, -0.2) is 0 Å². The zero-order valence-electron chi connectivity index (χ0n) is 11.4. The quantitative estimate of drug-likeness (QED) is 0.902. The maximum absolute atomic E-state index is 3.46. The maximum atomic E-state index is 3.46. The number of nitrogens with one attached hydrogen (secondary N) is 1. The van der Waals surface area contributed by atoms with Crippen molar-refractivity contribution in [3.8, 4) is 0 Å². The van der Waals surface area contributed by atoms with Crippen LogP contribution in [-0.4, -0.2) is 14.1 Å². The van der Waals surface area contributed by atoms with Gasteiger partial charge in [-0.1, -0.05) is 40.2 Å². The monoisotopic (exact) mass is 318 g/mol. The summed E-state index contributed by atoms with van der Waals surface area (Å²) >= 11 is 3.44. The molecule has 0 fully saturated rings. The van der Waals surface area contributed by atoms with Crippen LogP contribution < -0.4 is 10.2 Å². The third-order valence-electron chi connectivity index (χ3n) is 3.02. The molecule has 0 amide bonds. The summed E-state index contributed by atoms with van der Waals surface area (Å²) in [5.74, 6) is 0. The summed E-state index contributed by atoms with van der Waals surface area (Å²) in [5, 5.41) is 3.46. The average molecular weight is 319 g/mol. The van der Waals surface area contributed by atoms with Crippen molar-refractivity contribution in [2.24, 2.45) is 0 Å². The topological polar surface area (TPSA) is 15.3 Å². The first-order chi connectivity index (χ1) is 9.15.